The van der Waals surface area contributed by atoms with Crippen LogP contribution in [0.15, 0.2) is 41.3 Å². The number of carbonyl (C=O) groups is 1. The van der Waals surface area contributed by atoms with E-state index >= 15 is 0 Å². The fourth-order valence-electron chi connectivity index (χ4n) is 3.43. The molecule has 4 rings (SSSR count). The van der Waals surface area contributed by atoms with Crippen molar-refractivity contribution in [3.05, 3.63) is 42.0 Å². The Balaban J connectivity index is 1.62. The molecule has 28 heavy (non-hydrogen) atoms. The third kappa shape index (κ3) is 3.40. The van der Waals surface area contributed by atoms with Gasteiger partial charge in [0.1, 0.15) is 16.4 Å². The van der Waals surface area contributed by atoms with Gasteiger partial charge in [-0.15, -0.1) is 0 Å². The summed E-state index contributed by atoms with van der Waals surface area (Å²) in [5.74, 6) is 0.951. The normalized spacial score (nSPS) is 15.9. The van der Waals surface area contributed by atoms with Gasteiger partial charge in [0.15, 0.2) is 0 Å². The zero-order valence-corrected chi connectivity index (χ0v) is 16.6. The number of fused-ring (bicyclic) bond motifs is 1. The largest absolute Gasteiger partial charge is 0.497 e. The maximum atomic E-state index is 12.9. The molecule has 7 nitrogen and oxygen atoms in total. The molecule has 2 aliphatic rings. The molecule has 0 spiro atoms. The molecular formula is C20H22N2O5S. The lowest BCUT2D eigenvalue weighted by atomic mass is 10.1. The number of hydrogen-bond donors (Lipinski definition) is 1. The number of anilines is 2. The van der Waals surface area contributed by atoms with Gasteiger partial charge in [-0.1, -0.05) is 6.07 Å². The predicted molar refractivity (Wildman–Crippen MR) is 106 cm³/mol. The zero-order valence-electron chi connectivity index (χ0n) is 15.8. The minimum Gasteiger partial charge on any atom is -0.497 e. The molecule has 0 bridgehead atoms. The highest BCUT2D eigenvalue weighted by Gasteiger charge is 2.36. The van der Waals surface area contributed by atoms with Crippen molar-refractivity contribution in [2.75, 3.05) is 30.4 Å². The number of benzene rings is 2. The van der Waals surface area contributed by atoms with Crippen LogP contribution >= 0.6 is 0 Å². The summed E-state index contributed by atoms with van der Waals surface area (Å²) in [6.07, 6.45) is 2.66. The maximum absolute atomic E-state index is 12.9. The van der Waals surface area contributed by atoms with Crippen LogP contribution in [0.1, 0.15) is 18.4 Å². The SMILES string of the molecule is COc1ccc(S(=O)(=O)Nc2ccc3c(c2)N(C(=O)C2CC2)CC3)c(OC)c1. The first-order chi connectivity index (χ1) is 13.4. The summed E-state index contributed by atoms with van der Waals surface area (Å²) in [4.78, 5) is 14.3. The molecule has 1 aliphatic carbocycles. The molecular weight excluding hydrogens is 380 g/mol. The van der Waals surface area contributed by atoms with Crippen molar-refractivity contribution in [3.8, 4) is 11.5 Å². The molecule has 2 aromatic rings. The first kappa shape index (κ1) is 18.6. The summed E-state index contributed by atoms with van der Waals surface area (Å²) in [7, 11) is -0.966. The minimum absolute atomic E-state index is 0.0159. The lowest BCUT2D eigenvalue weighted by Crippen LogP contribution is -2.30. The highest BCUT2D eigenvalue weighted by Crippen LogP contribution is 2.38. The second-order valence-corrected chi connectivity index (χ2v) is 8.63. The maximum Gasteiger partial charge on any atom is 0.265 e. The zero-order chi connectivity index (χ0) is 19.9. The van der Waals surface area contributed by atoms with Gasteiger partial charge in [0.25, 0.3) is 10.0 Å². The van der Waals surface area contributed by atoms with Crippen LogP contribution in [0.3, 0.4) is 0 Å². The van der Waals surface area contributed by atoms with Gasteiger partial charge in [-0.2, -0.15) is 0 Å². The molecule has 2 aromatic carbocycles. The van der Waals surface area contributed by atoms with Crippen LogP contribution in [0, 0.1) is 5.92 Å². The van der Waals surface area contributed by atoms with Gasteiger partial charge in [0.05, 0.1) is 19.9 Å². The van der Waals surface area contributed by atoms with Crippen LogP contribution in [-0.4, -0.2) is 35.1 Å². The van der Waals surface area contributed by atoms with Crippen LogP contribution in [0.25, 0.3) is 0 Å². The van der Waals surface area contributed by atoms with Crippen LogP contribution in [0.4, 0.5) is 11.4 Å². The van der Waals surface area contributed by atoms with E-state index < -0.39 is 10.0 Å². The van der Waals surface area contributed by atoms with Crippen molar-refractivity contribution in [1.29, 1.82) is 0 Å². The van der Waals surface area contributed by atoms with Crippen molar-refractivity contribution >= 4 is 27.3 Å². The molecule has 0 unspecified atom stereocenters. The molecule has 148 valence electrons. The van der Waals surface area contributed by atoms with Crippen LogP contribution in [-0.2, 0) is 21.2 Å². The summed E-state index contributed by atoms with van der Waals surface area (Å²) in [6, 6.07) is 9.85. The third-order valence-corrected chi connectivity index (χ3v) is 6.51. The monoisotopic (exact) mass is 402 g/mol. The first-order valence-corrected chi connectivity index (χ1v) is 10.6. The summed E-state index contributed by atoms with van der Waals surface area (Å²) in [5, 5.41) is 0. The van der Waals surface area contributed by atoms with Crippen molar-refractivity contribution in [2.45, 2.75) is 24.2 Å². The molecule has 1 heterocycles. The Morgan fingerprint density at radius 1 is 1.11 bits per heavy atom. The van der Waals surface area contributed by atoms with Crippen molar-refractivity contribution in [3.63, 3.8) is 0 Å². The molecule has 1 amide bonds. The van der Waals surface area contributed by atoms with Gasteiger partial charge in [0.2, 0.25) is 5.91 Å². The lowest BCUT2D eigenvalue weighted by molar-refractivity contribution is -0.119. The van der Waals surface area contributed by atoms with E-state index in [0.717, 1.165) is 30.5 Å². The van der Waals surface area contributed by atoms with E-state index in [4.69, 9.17) is 9.47 Å². The average Bonchev–Trinajstić information content (AvgIpc) is 3.46. The van der Waals surface area contributed by atoms with E-state index in [0.29, 0.717) is 18.0 Å². The number of amides is 1. The fraction of sp³-hybridized carbons (Fsp3) is 0.350. The van der Waals surface area contributed by atoms with Crippen molar-refractivity contribution < 1.29 is 22.7 Å². The second kappa shape index (κ2) is 7.01. The van der Waals surface area contributed by atoms with Gasteiger partial charge >= 0.3 is 0 Å². The molecule has 0 aromatic heterocycles. The average molecular weight is 402 g/mol. The highest BCUT2D eigenvalue weighted by molar-refractivity contribution is 7.92. The van der Waals surface area contributed by atoms with Gasteiger partial charge in [0, 0.05) is 24.2 Å². The van der Waals surface area contributed by atoms with E-state index in [9.17, 15) is 13.2 Å². The Morgan fingerprint density at radius 3 is 2.57 bits per heavy atom. The molecule has 1 N–H and O–H groups in total. The second-order valence-electron chi connectivity index (χ2n) is 6.98. The highest BCUT2D eigenvalue weighted by atomic mass is 32.2. The standard InChI is InChI=1S/C20H22N2O5S/c1-26-16-7-8-19(18(12-16)27-2)28(24,25)21-15-6-5-13-9-10-22(17(13)11-15)20(23)14-3-4-14/h5-8,11-12,14,21H,3-4,9-10H2,1-2H3. The van der Waals surface area contributed by atoms with Crippen LogP contribution < -0.4 is 19.1 Å². The Kier molecular flexibility index (Phi) is 4.66. The quantitative estimate of drug-likeness (QED) is 0.803. The Morgan fingerprint density at radius 2 is 1.89 bits per heavy atom. The van der Waals surface area contributed by atoms with Gasteiger partial charge in [-0.3, -0.25) is 9.52 Å². The molecule has 1 aliphatic heterocycles. The lowest BCUT2D eigenvalue weighted by Gasteiger charge is -2.18. The summed E-state index contributed by atoms with van der Waals surface area (Å²) in [6.45, 7) is 0.646. The van der Waals surface area contributed by atoms with Crippen molar-refractivity contribution in [1.82, 2.24) is 0 Å². The Labute approximate surface area is 164 Å². The van der Waals surface area contributed by atoms with E-state index in [1.54, 1.807) is 23.1 Å². The summed E-state index contributed by atoms with van der Waals surface area (Å²) < 4.78 is 38.7. The van der Waals surface area contributed by atoms with E-state index in [-0.39, 0.29) is 22.5 Å². The number of rotatable bonds is 6. The number of nitrogens with zero attached hydrogens (tertiary/aromatic N) is 1. The number of sulfonamides is 1. The minimum atomic E-state index is -3.87. The molecule has 8 heteroatoms. The Bertz CT molecular complexity index is 1030. The fourth-order valence-corrected chi connectivity index (χ4v) is 4.63. The number of nitrogens with one attached hydrogen (secondary N) is 1. The predicted octanol–water partition coefficient (Wildman–Crippen LogP) is 2.80. The van der Waals surface area contributed by atoms with Crippen molar-refractivity contribution in [2.24, 2.45) is 5.92 Å². The van der Waals surface area contributed by atoms with Crippen LogP contribution in [0.2, 0.25) is 0 Å². The topological polar surface area (TPSA) is 84.9 Å². The molecule has 0 atom stereocenters. The smallest absolute Gasteiger partial charge is 0.265 e. The summed E-state index contributed by atoms with van der Waals surface area (Å²) in [5.41, 5.74) is 2.25. The number of carbonyl (C=O) groups excluding carboxylic acids is 1. The first-order valence-electron chi connectivity index (χ1n) is 9.12. The van der Waals surface area contributed by atoms with Gasteiger partial charge in [-0.25, -0.2) is 8.42 Å². The number of ether oxygens (including phenoxy) is 2. The summed E-state index contributed by atoms with van der Waals surface area (Å²) >= 11 is 0. The molecule has 1 saturated carbocycles. The number of methoxy groups -OCH3 is 2. The van der Waals surface area contributed by atoms with E-state index in [1.807, 2.05) is 6.07 Å². The van der Waals surface area contributed by atoms with E-state index in [1.165, 1.54) is 26.4 Å². The molecule has 0 saturated heterocycles. The third-order valence-electron chi connectivity index (χ3n) is 5.09. The molecule has 0 radical (unpaired) electrons. The molecule has 1 fully saturated rings. The Hall–Kier alpha value is -2.74. The van der Waals surface area contributed by atoms with Crippen LogP contribution in [0.5, 0.6) is 11.5 Å². The van der Waals surface area contributed by atoms with E-state index in [2.05, 4.69) is 4.72 Å². The van der Waals surface area contributed by atoms with Gasteiger partial charge < -0.3 is 14.4 Å². The number of hydrogen-bond acceptors (Lipinski definition) is 5. The van der Waals surface area contributed by atoms with Gasteiger partial charge in [-0.05, 0) is 49.1 Å².